The molecule has 2 aromatic rings. The van der Waals surface area contributed by atoms with Crippen molar-refractivity contribution in [1.82, 2.24) is 9.21 Å². The van der Waals surface area contributed by atoms with E-state index in [1.54, 1.807) is 11.0 Å². The Morgan fingerprint density at radius 2 is 1.74 bits per heavy atom. The first-order chi connectivity index (χ1) is 18.1. The fourth-order valence-electron chi connectivity index (χ4n) is 5.76. The second-order valence-electron chi connectivity index (χ2n) is 10.5. The molecule has 0 unspecified atom stereocenters. The molecule has 0 radical (unpaired) electrons. The molecule has 1 amide bonds. The standard InChI is InChI=1S/C27H31F3N2O5S/c28-20-4-1-3-19(15-20)24-5-2-6-25(32(24)38(35,36)21-7-8-22(29)23(30)16-21)27(11-12-27)37-26(34)31-13-9-18(17-33)10-14-31/h1,3-4,7-8,15-16,18,24-25,33H,2,5-6,9-14,17H2/t24-,25+/m0/s1. The van der Waals surface area contributed by atoms with E-state index in [2.05, 4.69) is 0 Å². The van der Waals surface area contributed by atoms with Gasteiger partial charge in [-0.25, -0.2) is 26.4 Å². The van der Waals surface area contributed by atoms with E-state index in [9.17, 15) is 31.5 Å². The summed E-state index contributed by atoms with van der Waals surface area (Å²) in [6.07, 6.45) is 3.08. The van der Waals surface area contributed by atoms with Crippen LogP contribution < -0.4 is 0 Å². The van der Waals surface area contributed by atoms with Crippen LogP contribution in [0.15, 0.2) is 47.4 Å². The molecule has 2 heterocycles. The van der Waals surface area contributed by atoms with E-state index in [0.29, 0.717) is 69.7 Å². The van der Waals surface area contributed by atoms with Crippen molar-refractivity contribution >= 4 is 16.1 Å². The van der Waals surface area contributed by atoms with Crippen LogP contribution in [-0.2, 0) is 14.8 Å². The third-order valence-electron chi connectivity index (χ3n) is 8.04. The lowest BCUT2D eigenvalue weighted by atomic mass is 9.90. The van der Waals surface area contributed by atoms with Gasteiger partial charge in [0.2, 0.25) is 10.0 Å². The van der Waals surface area contributed by atoms with E-state index in [0.717, 1.165) is 12.1 Å². The average Bonchev–Trinajstić information content (AvgIpc) is 3.70. The van der Waals surface area contributed by atoms with Crippen molar-refractivity contribution in [2.24, 2.45) is 5.92 Å². The minimum atomic E-state index is -4.40. The number of piperidine rings is 2. The quantitative estimate of drug-likeness (QED) is 0.559. The number of sulfonamides is 1. The van der Waals surface area contributed by atoms with Gasteiger partial charge in [-0.2, -0.15) is 4.31 Å². The Morgan fingerprint density at radius 1 is 1.00 bits per heavy atom. The number of hydrogen-bond acceptors (Lipinski definition) is 5. The van der Waals surface area contributed by atoms with Crippen molar-refractivity contribution in [3.8, 4) is 0 Å². The molecule has 2 saturated heterocycles. The van der Waals surface area contributed by atoms with Gasteiger partial charge in [0.1, 0.15) is 11.4 Å². The van der Waals surface area contributed by atoms with Gasteiger partial charge in [-0.3, -0.25) is 0 Å². The highest BCUT2D eigenvalue weighted by atomic mass is 32.2. The van der Waals surface area contributed by atoms with Crippen LogP contribution in [0.5, 0.6) is 0 Å². The zero-order valence-electron chi connectivity index (χ0n) is 20.9. The van der Waals surface area contributed by atoms with Crippen molar-refractivity contribution in [2.75, 3.05) is 19.7 Å². The molecule has 0 spiro atoms. The maximum atomic E-state index is 14.2. The van der Waals surface area contributed by atoms with Gasteiger partial charge in [0.05, 0.1) is 17.0 Å². The molecule has 7 nitrogen and oxygen atoms in total. The first-order valence-electron chi connectivity index (χ1n) is 13.0. The van der Waals surface area contributed by atoms with Crippen molar-refractivity contribution in [3.05, 3.63) is 65.5 Å². The van der Waals surface area contributed by atoms with Gasteiger partial charge in [0.15, 0.2) is 11.6 Å². The summed E-state index contributed by atoms with van der Waals surface area (Å²) in [5, 5.41) is 9.39. The van der Waals surface area contributed by atoms with Crippen LogP contribution in [0.1, 0.15) is 56.6 Å². The Labute approximate surface area is 220 Å². The summed E-state index contributed by atoms with van der Waals surface area (Å²) in [6, 6.07) is 6.57. The molecule has 0 bridgehead atoms. The molecule has 0 aromatic heterocycles. The third kappa shape index (κ3) is 5.15. The normalized spacial score (nSPS) is 24.3. The van der Waals surface area contributed by atoms with Gasteiger partial charge in [0.25, 0.3) is 0 Å². The molecule has 2 aliphatic heterocycles. The summed E-state index contributed by atoms with van der Waals surface area (Å²) in [5.41, 5.74) is -0.628. The second-order valence-corrected chi connectivity index (χ2v) is 12.3. The third-order valence-corrected chi connectivity index (χ3v) is 9.95. The molecule has 206 valence electrons. The lowest BCUT2D eigenvalue weighted by Crippen LogP contribution is -2.54. The number of benzene rings is 2. The van der Waals surface area contributed by atoms with Crippen LogP contribution in [0.3, 0.4) is 0 Å². The van der Waals surface area contributed by atoms with Gasteiger partial charge in [-0.05, 0) is 86.8 Å². The number of amides is 1. The van der Waals surface area contributed by atoms with Crippen molar-refractivity contribution in [2.45, 2.75) is 67.5 Å². The number of aliphatic hydroxyl groups excluding tert-OH is 1. The smallest absolute Gasteiger partial charge is 0.410 e. The molecule has 3 aliphatic rings. The summed E-state index contributed by atoms with van der Waals surface area (Å²) in [6.45, 7) is 0.939. The zero-order valence-corrected chi connectivity index (χ0v) is 21.7. The number of carbonyl (C=O) groups excluding carboxylic acids is 1. The number of halogens is 3. The predicted octanol–water partition coefficient (Wildman–Crippen LogP) is 4.76. The number of rotatable bonds is 6. The molecule has 2 atom stereocenters. The number of ether oxygens (including phenoxy) is 1. The van der Waals surface area contributed by atoms with Crippen LogP contribution in [0, 0.1) is 23.4 Å². The monoisotopic (exact) mass is 552 g/mol. The van der Waals surface area contributed by atoms with E-state index in [4.69, 9.17) is 4.74 Å². The van der Waals surface area contributed by atoms with Gasteiger partial charge in [0, 0.05) is 19.7 Å². The Balaban J connectivity index is 1.49. The van der Waals surface area contributed by atoms with E-state index in [-0.39, 0.29) is 12.5 Å². The Hall–Kier alpha value is -2.63. The van der Waals surface area contributed by atoms with Gasteiger partial charge in [-0.1, -0.05) is 12.1 Å². The Kier molecular flexibility index (Phi) is 7.45. The Morgan fingerprint density at radius 3 is 2.37 bits per heavy atom. The van der Waals surface area contributed by atoms with Crippen LogP contribution >= 0.6 is 0 Å². The fraction of sp³-hybridized carbons (Fsp3) is 0.519. The molecule has 38 heavy (non-hydrogen) atoms. The SMILES string of the molecule is O=C(OC1([C@H]2CCC[C@@H](c3cccc(F)c3)N2S(=O)(=O)c2ccc(F)c(F)c2)CC1)N1CCC(CO)CC1. The molecule has 1 aliphatic carbocycles. The summed E-state index contributed by atoms with van der Waals surface area (Å²) in [5.74, 6) is -2.84. The highest BCUT2D eigenvalue weighted by Crippen LogP contribution is 2.52. The zero-order chi connectivity index (χ0) is 27.1. The summed E-state index contributed by atoms with van der Waals surface area (Å²) >= 11 is 0. The predicted molar refractivity (Wildman–Crippen MR) is 132 cm³/mol. The number of aliphatic hydroxyl groups is 1. The van der Waals surface area contributed by atoms with Crippen LogP contribution in [0.4, 0.5) is 18.0 Å². The van der Waals surface area contributed by atoms with E-state index in [1.165, 1.54) is 22.5 Å². The van der Waals surface area contributed by atoms with Crippen LogP contribution in [0.25, 0.3) is 0 Å². The lowest BCUT2D eigenvalue weighted by molar-refractivity contribution is -0.0133. The fourth-order valence-corrected chi connectivity index (χ4v) is 7.69. The molecule has 5 rings (SSSR count). The van der Waals surface area contributed by atoms with E-state index < -0.39 is 56.1 Å². The van der Waals surface area contributed by atoms with E-state index >= 15 is 0 Å². The van der Waals surface area contributed by atoms with Crippen molar-refractivity contribution < 1.29 is 36.2 Å². The number of carbonyl (C=O) groups is 1. The van der Waals surface area contributed by atoms with Gasteiger partial charge < -0.3 is 14.7 Å². The van der Waals surface area contributed by atoms with Gasteiger partial charge >= 0.3 is 6.09 Å². The first-order valence-corrected chi connectivity index (χ1v) is 14.4. The minimum Gasteiger partial charge on any atom is -0.441 e. The first kappa shape index (κ1) is 27.0. The summed E-state index contributed by atoms with van der Waals surface area (Å²) in [7, 11) is -4.40. The molecule has 1 N–H and O–H groups in total. The largest absolute Gasteiger partial charge is 0.441 e. The maximum absolute atomic E-state index is 14.2. The lowest BCUT2D eigenvalue weighted by Gasteiger charge is -2.45. The molecule has 2 aromatic carbocycles. The maximum Gasteiger partial charge on any atom is 0.410 e. The molecule has 1 saturated carbocycles. The molecule has 11 heteroatoms. The summed E-state index contributed by atoms with van der Waals surface area (Å²) < 4.78 is 77.3. The molecular weight excluding hydrogens is 521 g/mol. The summed E-state index contributed by atoms with van der Waals surface area (Å²) in [4.78, 5) is 14.3. The van der Waals surface area contributed by atoms with Gasteiger partial charge in [-0.15, -0.1) is 0 Å². The topological polar surface area (TPSA) is 87.2 Å². The minimum absolute atomic E-state index is 0.0627. The Bertz CT molecular complexity index is 1300. The van der Waals surface area contributed by atoms with Crippen molar-refractivity contribution in [3.63, 3.8) is 0 Å². The molecule has 3 fully saturated rings. The number of likely N-dealkylation sites (tertiary alicyclic amines) is 1. The number of hydrogen-bond donors (Lipinski definition) is 1. The molecular formula is C27H31F3N2O5S. The van der Waals surface area contributed by atoms with Crippen LogP contribution in [-0.4, -0.2) is 60.2 Å². The average molecular weight is 553 g/mol. The number of nitrogens with zero attached hydrogens (tertiary/aromatic N) is 2. The van der Waals surface area contributed by atoms with Crippen LogP contribution in [0.2, 0.25) is 0 Å². The second kappa shape index (κ2) is 10.5. The highest BCUT2D eigenvalue weighted by Gasteiger charge is 2.60. The van der Waals surface area contributed by atoms with Crippen molar-refractivity contribution in [1.29, 1.82) is 0 Å². The highest BCUT2D eigenvalue weighted by molar-refractivity contribution is 7.89. The van der Waals surface area contributed by atoms with E-state index in [1.807, 2.05) is 0 Å².